The molecule has 1 atom stereocenters. The van der Waals surface area contributed by atoms with Crippen LogP contribution in [0.3, 0.4) is 0 Å². The van der Waals surface area contributed by atoms with Gasteiger partial charge in [-0.3, -0.25) is 14.5 Å². The van der Waals surface area contributed by atoms with E-state index >= 15 is 0 Å². The second kappa shape index (κ2) is 5.50. The minimum atomic E-state index is -0.917. The molecule has 7 heteroatoms. The van der Waals surface area contributed by atoms with E-state index in [-0.39, 0.29) is 12.1 Å². The van der Waals surface area contributed by atoms with Gasteiger partial charge in [0.2, 0.25) is 5.91 Å². The Morgan fingerprint density at radius 3 is 2.52 bits per heavy atom. The Morgan fingerprint density at radius 1 is 1.14 bits per heavy atom. The first-order valence-electron chi connectivity index (χ1n) is 6.71. The lowest BCUT2D eigenvalue weighted by molar-refractivity contribution is -0.123. The van der Waals surface area contributed by atoms with Gasteiger partial charge in [-0.05, 0) is 12.1 Å². The van der Waals surface area contributed by atoms with Gasteiger partial charge in [-0.1, -0.05) is 0 Å². The number of hydrogen-bond donors (Lipinski definition) is 0. The summed E-state index contributed by atoms with van der Waals surface area (Å²) in [4.78, 5) is 27.2. The van der Waals surface area contributed by atoms with Crippen molar-refractivity contribution in [3.63, 3.8) is 0 Å². The van der Waals surface area contributed by atoms with Crippen LogP contribution in [0.5, 0.6) is 0 Å². The second-order valence-corrected chi connectivity index (χ2v) is 5.03. The monoisotopic (exact) mass is 296 g/mol. The van der Waals surface area contributed by atoms with Crippen molar-refractivity contribution < 1.29 is 23.1 Å². The van der Waals surface area contributed by atoms with Crippen molar-refractivity contribution in [1.29, 1.82) is 0 Å². The van der Waals surface area contributed by atoms with Crippen LogP contribution in [0.2, 0.25) is 0 Å². The fourth-order valence-electron chi connectivity index (χ4n) is 2.71. The lowest BCUT2D eigenvalue weighted by atomic mass is 10.2. The highest BCUT2D eigenvalue weighted by Crippen LogP contribution is 2.28. The van der Waals surface area contributed by atoms with Gasteiger partial charge in [0, 0.05) is 19.2 Å². The summed E-state index contributed by atoms with van der Waals surface area (Å²) in [5.41, 5.74) is -0.192. The van der Waals surface area contributed by atoms with Gasteiger partial charge in [-0.15, -0.1) is 0 Å². The van der Waals surface area contributed by atoms with Gasteiger partial charge in [0.05, 0.1) is 31.4 Å². The zero-order valence-electron chi connectivity index (χ0n) is 11.2. The first-order chi connectivity index (χ1) is 10.1. The number of hydrogen-bond acceptors (Lipinski definition) is 4. The molecule has 0 saturated carbocycles. The summed E-state index contributed by atoms with van der Waals surface area (Å²) in [5, 5.41) is 0. The van der Waals surface area contributed by atoms with E-state index < -0.39 is 29.5 Å². The Morgan fingerprint density at radius 2 is 1.86 bits per heavy atom. The third-order valence-electron chi connectivity index (χ3n) is 3.76. The average Bonchev–Trinajstić information content (AvgIpc) is 2.76. The number of anilines is 1. The molecule has 2 aliphatic heterocycles. The van der Waals surface area contributed by atoms with E-state index in [9.17, 15) is 18.4 Å². The second-order valence-electron chi connectivity index (χ2n) is 5.03. The number of carbonyl (C=O) groups is 2. The van der Waals surface area contributed by atoms with Crippen molar-refractivity contribution in [2.75, 3.05) is 31.2 Å². The summed E-state index contributed by atoms with van der Waals surface area (Å²) in [6.07, 6.45) is 0.00957. The van der Waals surface area contributed by atoms with Gasteiger partial charge in [0.25, 0.3) is 5.91 Å². The van der Waals surface area contributed by atoms with Crippen molar-refractivity contribution in [3.8, 4) is 0 Å². The van der Waals surface area contributed by atoms with Crippen molar-refractivity contribution in [2.24, 2.45) is 0 Å². The van der Waals surface area contributed by atoms with Gasteiger partial charge in [0.1, 0.15) is 11.6 Å². The van der Waals surface area contributed by atoms with Gasteiger partial charge in [-0.2, -0.15) is 0 Å². The van der Waals surface area contributed by atoms with Crippen molar-refractivity contribution in [2.45, 2.75) is 12.5 Å². The molecule has 0 bridgehead atoms. The van der Waals surface area contributed by atoms with Gasteiger partial charge in [-0.25, -0.2) is 13.7 Å². The first-order valence-corrected chi connectivity index (χ1v) is 6.71. The van der Waals surface area contributed by atoms with Crippen molar-refractivity contribution in [3.05, 3.63) is 29.8 Å². The molecular formula is C14H14F2N2O3. The molecule has 2 fully saturated rings. The van der Waals surface area contributed by atoms with E-state index in [1.165, 1.54) is 0 Å². The Kier molecular flexibility index (Phi) is 3.69. The topological polar surface area (TPSA) is 49.9 Å². The van der Waals surface area contributed by atoms with E-state index in [1.54, 1.807) is 0 Å². The van der Waals surface area contributed by atoms with E-state index in [4.69, 9.17) is 4.74 Å². The molecule has 0 spiro atoms. The van der Waals surface area contributed by atoms with Crippen LogP contribution in [-0.4, -0.2) is 49.1 Å². The number of imide groups is 1. The average molecular weight is 296 g/mol. The Labute approximate surface area is 120 Å². The molecule has 0 radical (unpaired) electrons. The van der Waals surface area contributed by atoms with E-state index in [0.29, 0.717) is 32.4 Å². The maximum Gasteiger partial charge on any atom is 0.251 e. The fraction of sp³-hybridized carbons (Fsp3) is 0.429. The van der Waals surface area contributed by atoms with Gasteiger partial charge < -0.3 is 4.74 Å². The summed E-state index contributed by atoms with van der Waals surface area (Å²) < 4.78 is 32.0. The molecular weight excluding hydrogens is 282 g/mol. The summed E-state index contributed by atoms with van der Waals surface area (Å²) in [6.45, 7) is 2.12. The third kappa shape index (κ3) is 2.54. The summed E-state index contributed by atoms with van der Waals surface area (Å²) in [5.74, 6) is -2.60. The maximum absolute atomic E-state index is 13.8. The SMILES string of the molecule is O=C1C[C@@H](N2CCOCC2)C(=O)N1c1ccc(F)cc1F. The molecule has 2 heterocycles. The quantitative estimate of drug-likeness (QED) is 0.762. The summed E-state index contributed by atoms with van der Waals surface area (Å²) in [7, 11) is 0. The molecule has 0 aromatic heterocycles. The first kappa shape index (κ1) is 14.1. The molecule has 2 aliphatic rings. The van der Waals surface area contributed by atoms with Crippen LogP contribution in [0.15, 0.2) is 18.2 Å². The highest BCUT2D eigenvalue weighted by molar-refractivity contribution is 6.22. The zero-order valence-corrected chi connectivity index (χ0v) is 11.2. The number of morpholine rings is 1. The molecule has 0 N–H and O–H groups in total. The molecule has 1 aromatic rings. The van der Waals surface area contributed by atoms with Gasteiger partial charge in [0.15, 0.2) is 0 Å². The predicted octanol–water partition coefficient (Wildman–Crippen LogP) is 0.929. The van der Waals surface area contributed by atoms with Crippen LogP contribution < -0.4 is 4.90 Å². The van der Waals surface area contributed by atoms with Crippen LogP contribution >= 0.6 is 0 Å². The Bertz CT molecular complexity index is 588. The molecule has 0 unspecified atom stereocenters. The number of rotatable bonds is 2. The maximum atomic E-state index is 13.8. The number of halogens is 2. The number of nitrogens with zero attached hydrogens (tertiary/aromatic N) is 2. The number of carbonyl (C=O) groups excluding carboxylic acids is 2. The molecule has 0 aliphatic carbocycles. The highest BCUT2D eigenvalue weighted by Gasteiger charge is 2.43. The lowest BCUT2D eigenvalue weighted by Gasteiger charge is -2.30. The molecule has 3 rings (SSSR count). The van der Waals surface area contributed by atoms with Crippen molar-refractivity contribution in [1.82, 2.24) is 4.90 Å². The normalized spacial score (nSPS) is 23.9. The predicted molar refractivity (Wildman–Crippen MR) is 69.6 cm³/mol. The Balaban J connectivity index is 1.86. The Hall–Kier alpha value is -1.86. The molecule has 2 saturated heterocycles. The molecule has 112 valence electrons. The summed E-state index contributed by atoms with van der Waals surface area (Å²) in [6, 6.07) is 2.21. The minimum absolute atomic E-state index is 0.00957. The number of amides is 2. The smallest absolute Gasteiger partial charge is 0.251 e. The standard InChI is InChI=1S/C14H14F2N2O3/c15-9-1-2-11(10(16)7-9)18-13(19)8-12(14(18)20)17-3-5-21-6-4-17/h1-2,7,12H,3-6,8H2/t12-/m1/s1. The van der Waals surface area contributed by atoms with E-state index in [2.05, 4.69) is 0 Å². The van der Waals surface area contributed by atoms with Crippen LogP contribution in [0.1, 0.15) is 6.42 Å². The summed E-state index contributed by atoms with van der Waals surface area (Å²) >= 11 is 0. The number of ether oxygens (including phenoxy) is 1. The minimum Gasteiger partial charge on any atom is -0.379 e. The fourth-order valence-corrected chi connectivity index (χ4v) is 2.71. The molecule has 2 amide bonds. The molecule has 1 aromatic carbocycles. The van der Waals surface area contributed by atoms with Crippen molar-refractivity contribution >= 4 is 17.5 Å². The van der Waals surface area contributed by atoms with E-state index in [0.717, 1.165) is 17.0 Å². The van der Waals surface area contributed by atoms with Crippen LogP contribution in [0, 0.1) is 11.6 Å². The van der Waals surface area contributed by atoms with Crippen LogP contribution in [-0.2, 0) is 14.3 Å². The highest BCUT2D eigenvalue weighted by atomic mass is 19.1. The molecule has 21 heavy (non-hydrogen) atoms. The molecule has 5 nitrogen and oxygen atoms in total. The third-order valence-corrected chi connectivity index (χ3v) is 3.76. The van der Waals surface area contributed by atoms with E-state index in [1.807, 2.05) is 4.90 Å². The van der Waals surface area contributed by atoms with Crippen LogP contribution in [0.25, 0.3) is 0 Å². The zero-order chi connectivity index (χ0) is 15.0. The lowest BCUT2D eigenvalue weighted by Crippen LogP contribution is -2.47. The largest absolute Gasteiger partial charge is 0.379 e. The van der Waals surface area contributed by atoms with Gasteiger partial charge >= 0.3 is 0 Å². The number of benzene rings is 1. The van der Waals surface area contributed by atoms with Crippen LogP contribution in [0.4, 0.5) is 14.5 Å².